The third-order valence-electron chi connectivity index (χ3n) is 4.09. The minimum atomic E-state index is -3.61. The predicted molar refractivity (Wildman–Crippen MR) is 97.8 cm³/mol. The third kappa shape index (κ3) is 3.79. The van der Waals surface area contributed by atoms with E-state index in [4.69, 9.17) is 10.00 Å². The van der Waals surface area contributed by atoms with Crippen molar-refractivity contribution >= 4 is 21.5 Å². The molecule has 8 heteroatoms. The minimum absolute atomic E-state index is 0.153. The highest BCUT2D eigenvalue weighted by Gasteiger charge is 2.30. The average molecular weight is 372 g/mol. The van der Waals surface area contributed by atoms with Crippen molar-refractivity contribution in [2.75, 3.05) is 25.0 Å². The molecule has 0 amide bonds. The van der Waals surface area contributed by atoms with Gasteiger partial charge in [0.05, 0.1) is 12.2 Å². The van der Waals surface area contributed by atoms with Crippen LogP contribution in [0.1, 0.15) is 25.3 Å². The molecule has 136 valence electrons. The highest BCUT2D eigenvalue weighted by atomic mass is 32.2. The Kier molecular flexibility index (Phi) is 5.40. The molecule has 7 nitrogen and oxygen atoms in total. The Morgan fingerprint density at radius 2 is 2.04 bits per heavy atom. The van der Waals surface area contributed by atoms with E-state index in [2.05, 4.69) is 10.3 Å². The molecule has 0 unspecified atom stereocenters. The first-order chi connectivity index (χ1) is 12.5. The summed E-state index contributed by atoms with van der Waals surface area (Å²) in [5.41, 5.74) is 1.04. The molecule has 0 spiro atoms. The minimum Gasteiger partial charge on any atom is -0.492 e. The van der Waals surface area contributed by atoms with Crippen LogP contribution in [0.2, 0.25) is 0 Å². The lowest BCUT2D eigenvalue weighted by atomic mass is 10.3. The molecule has 1 aliphatic rings. The van der Waals surface area contributed by atoms with E-state index in [1.807, 2.05) is 13.0 Å². The first-order valence-corrected chi connectivity index (χ1v) is 9.89. The molecule has 1 aliphatic heterocycles. The van der Waals surface area contributed by atoms with Gasteiger partial charge < -0.3 is 10.1 Å². The molecule has 0 bridgehead atoms. The number of aromatic nitrogens is 1. The lowest BCUT2D eigenvalue weighted by molar-refractivity contribution is 0.330. The van der Waals surface area contributed by atoms with Gasteiger partial charge in [-0.25, -0.2) is 13.4 Å². The van der Waals surface area contributed by atoms with Gasteiger partial charge in [0.1, 0.15) is 22.5 Å². The smallest absolute Gasteiger partial charge is 0.246 e. The molecule has 1 aromatic heterocycles. The van der Waals surface area contributed by atoms with Crippen LogP contribution in [0.4, 0.5) is 11.5 Å². The van der Waals surface area contributed by atoms with Gasteiger partial charge in [0, 0.05) is 25.0 Å². The van der Waals surface area contributed by atoms with E-state index >= 15 is 0 Å². The van der Waals surface area contributed by atoms with Crippen LogP contribution in [0, 0.1) is 11.3 Å². The number of hydrogen-bond donors (Lipinski definition) is 1. The molecule has 0 radical (unpaired) electrons. The molecular formula is C18H20N4O3S. The summed E-state index contributed by atoms with van der Waals surface area (Å²) in [5, 5.41) is 11.9. The number of hydrogen-bond acceptors (Lipinski definition) is 6. The number of ether oxygens (including phenoxy) is 1. The Hall–Kier alpha value is -2.63. The van der Waals surface area contributed by atoms with Crippen LogP contribution < -0.4 is 10.1 Å². The van der Waals surface area contributed by atoms with Crippen LogP contribution >= 0.6 is 0 Å². The molecule has 2 heterocycles. The van der Waals surface area contributed by atoms with Gasteiger partial charge in [-0.15, -0.1) is 0 Å². The lowest BCUT2D eigenvalue weighted by Crippen LogP contribution is -2.28. The molecule has 2 aromatic rings. The quantitative estimate of drug-likeness (QED) is 0.838. The second kappa shape index (κ2) is 7.72. The highest BCUT2D eigenvalue weighted by Crippen LogP contribution is 2.32. The van der Waals surface area contributed by atoms with Gasteiger partial charge in [0.25, 0.3) is 0 Å². The molecule has 3 rings (SSSR count). The molecule has 0 saturated carbocycles. The summed E-state index contributed by atoms with van der Waals surface area (Å²) < 4.78 is 33.0. The average Bonchev–Trinajstić information content (AvgIpc) is 3.19. The Balaban J connectivity index is 1.94. The van der Waals surface area contributed by atoms with E-state index in [1.165, 1.54) is 10.5 Å². The summed E-state index contributed by atoms with van der Waals surface area (Å²) >= 11 is 0. The van der Waals surface area contributed by atoms with Crippen molar-refractivity contribution in [2.24, 2.45) is 0 Å². The van der Waals surface area contributed by atoms with Crippen LogP contribution in [-0.2, 0) is 10.0 Å². The van der Waals surface area contributed by atoms with Crippen LogP contribution in [0.3, 0.4) is 0 Å². The van der Waals surface area contributed by atoms with Crippen molar-refractivity contribution < 1.29 is 13.2 Å². The zero-order valence-electron chi connectivity index (χ0n) is 14.5. The summed E-state index contributed by atoms with van der Waals surface area (Å²) in [4.78, 5) is 4.30. The van der Waals surface area contributed by atoms with E-state index in [9.17, 15) is 8.42 Å². The topological polar surface area (TPSA) is 95.3 Å². The lowest BCUT2D eigenvalue weighted by Gasteiger charge is -2.19. The van der Waals surface area contributed by atoms with Gasteiger partial charge >= 0.3 is 0 Å². The van der Waals surface area contributed by atoms with E-state index in [0.717, 1.165) is 12.8 Å². The third-order valence-corrected chi connectivity index (χ3v) is 6.01. The Labute approximate surface area is 153 Å². The largest absolute Gasteiger partial charge is 0.492 e. The summed E-state index contributed by atoms with van der Waals surface area (Å²) in [6.07, 6.45) is 3.20. The Bertz CT molecular complexity index is 914. The SMILES string of the molecule is CCOc1ccc(Nc2ccc(C#N)cn2)cc1S(=O)(=O)N1CCCC1. The number of nitrogens with zero attached hydrogens (tertiary/aromatic N) is 3. The molecular weight excluding hydrogens is 352 g/mol. The summed E-state index contributed by atoms with van der Waals surface area (Å²) in [6.45, 7) is 3.26. The number of rotatable bonds is 6. The van der Waals surface area contributed by atoms with Crippen LogP contribution in [0.25, 0.3) is 0 Å². The van der Waals surface area contributed by atoms with Crippen molar-refractivity contribution in [3.8, 4) is 11.8 Å². The maximum atomic E-state index is 13.0. The predicted octanol–water partition coefficient (Wildman–Crippen LogP) is 2.88. The van der Waals surface area contributed by atoms with Crippen molar-refractivity contribution in [3.63, 3.8) is 0 Å². The van der Waals surface area contributed by atoms with E-state index < -0.39 is 10.0 Å². The van der Waals surface area contributed by atoms with E-state index in [1.54, 1.807) is 30.3 Å². The molecule has 1 saturated heterocycles. The van der Waals surface area contributed by atoms with Gasteiger partial charge in [-0.1, -0.05) is 0 Å². The van der Waals surface area contributed by atoms with Crippen LogP contribution in [0.5, 0.6) is 5.75 Å². The number of anilines is 2. The maximum Gasteiger partial charge on any atom is 0.246 e. The van der Waals surface area contributed by atoms with E-state index in [-0.39, 0.29) is 4.90 Å². The monoisotopic (exact) mass is 372 g/mol. The van der Waals surface area contributed by atoms with Gasteiger partial charge in [0.2, 0.25) is 10.0 Å². The van der Waals surface area contributed by atoms with Crippen molar-refractivity contribution in [2.45, 2.75) is 24.7 Å². The molecule has 0 atom stereocenters. The number of nitriles is 1. The van der Waals surface area contributed by atoms with Crippen molar-refractivity contribution in [1.82, 2.24) is 9.29 Å². The second-order valence-electron chi connectivity index (χ2n) is 5.87. The summed E-state index contributed by atoms with van der Waals surface area (Å²) in [5.74, 6) is 0.871. The maximum absolute atomic E-state index is 13.0. The van der Waals surface area contributed by atoms with Crippen molar-refractivity contribution in [1.29, 1.82) is 5.26 Å². The highest BCUT2D eigenvalue weighted by molar-refractivity contribution is 7.89. The normalized spacial score (nSPS) is 14.8. The Morgan fingerprint density at radius 1 is 1.27 bits per heavy atom. The first-order valence-electron chi connectivity index (χ1n) is 8.45. The standard InChI is InChI=1S/C18H20N4O3S/c1-2-25-16-7-6-15(21-18-8-5-14(12-19)13-20-18)11-17(16)26(23,24)22-9-3-4-10-22/h5-8,11,13H,2-4,9-10H2,1H3,(H,20,21). The number of nitrogens with one attached hydrogen (secondary N) is 1. The van der Waals surface area contributed by atoms with Gasteiger partial charge in [0.15, 0.2) is 0 Å². The Morgan fingerprint density at radius 3 is 2.65 bits per heavy atom. The molecule has 26 heavy (non-hydrogen) atoms. The van der Waals surface area contributed by atoms with Crippen LogP contribution in [-0.4, -0.2) is 37.4 Å². The number of benzene rings is 1. The van der Waals surface area contributed by atoms with Gasteiger partial charge in [-0.05, 0) is 50.1 Å². The van der Waals surface area contributed by atoms with Gasteiger partial charge in [-0.3, -0.25) is 0 Å². The number of pyridine rings is 1. The summed E-state index contributed by atoms with van der Waals surface area (Å²) in [7, 11) is -3.61. The van der Waals surface area contributed by atoms with E-state index in [0.29, 0.717) is 42.5 Å². The molecule has 1 fully saturated rings. The number of sulfonamides is 1. The van der Waals surface area contributed by atoms with Crippen LogP contribution in [0.15, 0.2) is 41.4 Å². The summed E-state index contributed by atoms with van der Waals surface area (Å²) in [6, 6.07) is 10.3. The molecule has 1 N–H and O–H groups in total. The zero-order chi connectivity index (χ0) is 18.6. The first kappa shape index (κ1) is 18.2. The second-order valence-corrected chi connectivity index (χ2v) is 7.78. The van der Waals surface area contributed by atoms with Gasteiger partial charge in [-0.2, -0.15) is 9.57 Å². The fourth-order valence-electron chi connectivity index (χ4n) is 2.81. The fraction of sp³-hybridized carbons (Fsp3) is 0.333. The molecule has 0 aliphatic carbocycles. The van der Waals surface area contributed by atoms with Crippen molar-refractivity contribution in [3.05, 3.63) is 42.1 Å². The fourth-order valence-corrected chi connectivity index (χ4v) is 4.49. The zero-order valence-corrected chi connectivity index (χ0v) is 15.3. The molecule has 1 aromatic carbocycles.